The van der Waals surface area contributed by atoms with E-state index in [1.165, 1.54) is 37.7 Å². The number of rotatable bonds is 4. The van der Waals surface area contributed by atoms with Crippen molar-refractivity contribution in [2.45, 2.75) is 127 Å². The number of ketones is 1. The minimum atomic E-state index is -0.877. The monoisotopic (exact) mass is 486 g/mol. The van der Waals surface area contributed by atoms with Crippen LogP contribution in [-0.2, 0) is 9.59 Å². The van der Waals surface area contributed by atoms with Crippen LogP contribution < -0.4 is 0 Å². The molecule has 0 heterocycles. The van der Waals surface area contributed by atoms with Crippen molar-refractivity contribution in [3.63, 3.8) is 0 Å². The molecule has 35 heavy (non-hydrogen) atoms. The molecule has 3 heteroatoms. The zero-order chi connectivity index (χ0) is 26.6. The van der Waals surface area contributed by atoms with E-state index < -0.39 is 11.9 Å². The second-order valence-corrected chi connectivity index (χ2v) is 11.9. The van der Waals surface area contributed by atoms with Gasteiger partial charge in [0, 0.05) is 6.42 Å². The van der Waals surface area contributed by atoms with E-state index in [4.69, 9.17) is 0 Å². The van der Waals surface area contributed by atoms with Gasteiger partial charge in [-0.1, -0.05) is 64.3 Å². The molecular weight excluding hydrogens is 432 g/mol. The van der Waals surface area contributed by atoms with Crippen LogP contribution in [0, 0.1) is 40.4 Å². The zero-order valence-corrected chi connectivity index (χ0v) is 24.3. The lowest BCUT2D eigenvalue weighted by Crippen LogP contribution is -2.57. The Morgan fingerprint density at radius 1 is 0.886 bits per heavy atom. The molecular formula is C32H54O3. The highest BCUT2D eigenvalue weighted by molar-refractivity contribution is 5.99. The van der Waals surface area contributed by atoms with E-state index in [0.29, 0.717) is 29.6 Å². The van der Waals surface area contributed by atoms with Crippen molar-refractivity contribution in [2.24, 2.45) is 40.4 Å². The van der Waals surface area contributed by atoms with E-state index in [9.17, 15) is 14.7 Å². The van der Waals surface area contributed by atoms with Crippen molar-refractivity contribution in [2.75, 3.05) is 0 Å². The molecule has 4 unspecified atom stereocenters. The number of hydrogen-bond donors (Lipinski definition) is 1. The summed E-state index contributed by atoms with van der Waals surface area (Å²) in [5, 5.41) is 9.83. The van der Waals surface area contributed by atoms with Crippen LogP contribution in [0.15, 0.2) is 22.8 Å². The van der Waals surface area contributed by atoms with Gasteiger partial charge in [-0.25, -0.2) is 0 Å². The quantitative estimate of drug-likeness (QED) is 0.318. The molecule has 200 valence electrons. The van der Waals surface area contributed by atoms with Crippen molar-refractivity contribution in [1.29, 1.82) is 0 Å². The van der Waals surface area contributed by atoms with Gasteiger partial charge in [0.15, 0.2) is 0 Å². The van der Waals surface area contributed by atoms with E-state index >= 15 is 0 Å². The molecule has 4 aliphatic rings. The molecule has 0 saturated heterocycles. The Labute approximate surface area is 216 Å². The van der Waals surface area contributed by atoms with Crippen LogP contribution in [-0.4, -0.2) is 16.9 Å². The van der Waals surface area contributed by atoms with Gasteiger partial charge in [-0.2, -0.15) is 0 Å². The van der Waals surface area contributed by atoms with Crippen LogP contribution in [0.2, 0.25) is 0 Å². The highest BCUT2D eigenvalue weighted by Gasteiger charge is 2.62. The molecule has 3 nitrogen and oxygen atoms in total. The molecule has 4 rings (SSSR count). The normalized spacial score (nSPS) is 38.9. The number of carboxylic acid groups (broad SMARTS) is 1. The summed E-state index contributed by atoms with van der Waals surface area (Å²) in [4.78, 5) is 24.5. The summed E-state index contributed by atoms with van der Waals surface area (Å²) in [5.41, 5.74) is 5.14. The third kappa shape index (κ3) is 5.49. The molecule has 4 fully saturated rings. The molecule has 7 atom stereocenters. The van der Waals surface area contributed by atoms with E-state index in [1.54, 1.807) is 11.1 Å². The van der Waals surface area contributed by atoms with Crippen LogP contribution in [0.5, 0.6) is 0 Å². The van der Waals surface area contributed by atoms with Gasteiger partial charge in [0.25, 0.3) is 0 Å². The third-order valence-corrected chi connectivity index (χ3v) is 10.3. The Bertz CT molecular complexity index is 817. The first kappa shape index (κ1) is 29.8. The topological polar surface area (TPSA) is 54.4 Å². The number of carboxylic acids is 1. The number of Topliss-reactive ketones (excluding diaryl/α,β-unsaturated/α-hetero) is 1. The van der Waals surface area contributed by atoms with Gasteiger partial charge < -0.3 is 5.11 Å². The SMILES string of the molecule is CC.CC.CC(C)=CCC/C(C)=C1/CCC2(C)C1CC[C@@H]1C2CCC2[C@@H](C(=O)O)C(=O)CC[C@@]21C. The second-order valence-electron chi connectivity index (χ2n) is 11.9. The largest absolute Gasteiger partial charge is 0.481 e. The molecule has 0 spiro atoms. The van der Waals surface area contributed by atoms with Crippen LogP contribution in [0.25, 0.3) is 0 Å². The Morgan fingerprint density at radius 2 is 1.43 bits per heavy atom. The van der Waals surface area contributed by atoms with Crippen LogP contribution in [0.4, 0.5) is 0 Å². The Morgan fingerprint density at radius 3 is 2.03 bits per heavy atom. The summed E-state index contributed by atoms with van der Waals surface area (Å²) in [6.07, 6.45) is 13.1. The fraction of sp³-hybridized carbons (Fsp3) is 0.812. The summed E-state index contributed by atoms with van der Waals surface area (Å²) >= 11 is 0. The van der Waals surface area contributed by atoms with E-state index in [1.807, 2.05) is 27.7 Å². The van der Waals surface area contributed by atoms with Crippen LogP contribution >= 0.6 is 0 Å². The molecule has 0 aromatic heterocycles. The van der Waals surface area contributed by atoms with Gasteiger partial charge in [-0.15, -0.1) is 0 Å². The fourth-order valence-corrected chi connectivity index (χ4v) is 8.64. The maximum Gasteiger partial charge on any atom is 0.314 e. The van der Waals surface area contributed by atoms with Gasteiger partial charge >= 0.3 is 5.97 Å². The molecule has 0 aliphatic heterocycles. The first-order valence-electron chi connectivity index (χ1n) is 14.7. The van der Waals surface area contributed by atoms with Crippen molar-refractivity contribution in [1.82, 2.24) is 0 Å². The van der Waals surface area contributed by atoms with E-state index in [0.717, 1.165) is 25.7 Å². The fourth-order valence-electron chi connectivity index (χ4n) is 8.64. The standard InChI is InChI=1S/C28H42O3.2C2H6/c1-17(2)7-6-8-18(3)19-13-15-27(4)20(19)9-10-22-21(27)11-12-23-25(26(30)31)24(29)14-16-28(22,23)5;2*1-2/h7,20-23,25H,6,8-16H2,1-5H3,(H,30,31);2*1-2H3/b19-18-;;/t20?,21?,22-,23?,25-,27?,28-;;/m1../s1. The summed E-state index contributed by atoms with van der Waals surface area (Å²) in [6.45, 7) is 19.6. The Hall–Kier alpha value is -1.38. The molecule has 4 saturated carbocycles. The van der Waals surface area contributed by atoms with Gasteiger partial charge in [-0.3, -0.25) is 9.59 Å². The van der Waals surface area contributed by atoms with Gasteiger partial charge in [0.2, 0.25) is 0 Å². The highest BCUT2D eigenvalue weighted by Crippen LogP contribution is 2.68. The van der Waals surface area contributed by atoms with E-state index in [-0.39, 0.29) is 17.1 Å². The van der Waals surface area contributed by atoms with Crippen molar-refractivity contribution in [3.8, 4) is 0 Å². The first-order chi connectivity index (χ1) is 16.6. The minimum absolute atomic E-state index is 0.0127. The summed E-state index contributed by atoms with van der Waals surface area (Å²) in [5.74, 6) is 0.340. The third-order valence-electron chi connectivity index (χ3n) is 10.3. The molecule has 0 aromatic carbocycles. The van der Waals surface area contributed by atoms with Crippen molar-refractivity contribution < 1.29 is 14.7 Å². The summed E-state index contributed by atoms with van der Waals surface area (Å²) in [6, 6.07) is 0. The number of aliphatic carboxylic acids is 1. The molecule has 4 aliphatic carbocycles. The second kappa shape index (κ2) is 12.2. The predicted molar refractivity (Wildman–Crippen MR) is 147 cm³/mol. The lowest BCUT2D eigenvalue weighted by atomic mass is 9.42. The molecule has 0 amide bonds. The number of allylic oxidation sites excluding steroid dienone is 4. The van der Waals surface area contributed by atoms with Crippen LogP contribution in [0.1, 0.15) is 127 Å². The Balaban J connectivity index is 0.00000103. The maximum atomic E-state index is 12.5. The molecule has 0 aromatic rings. The summed E-state index contributed by atoms with van der Waals surface area (Å²) in [7, 11) is 0. The smallest absolute Gasteiger partial charge is 0.314 e. The lowest BCUT2D eigenvalue weighted by molar-refractivity contribution is -0.168. The van der Waals surface area contributed by atoms with Crippen LogP contribution in [0.3, 0.4) is 0 Å². The number of carbonyl (C=O) groups is 2. The highest BCUT2D eigenvalue weighted by atomic mass is 16.4. The first-order valence-corrected chi connectivity index (χ1v) is 14.7. The van der Waals surface area contributed by atoms with E-state index in [2.05, 4.69) is 40.7 Å². The minimum Gasteiger partial charge on any atom is -0.481 e. The predicted octanol–water partition coefficient (Wildman–Crippen LogP) is 9.02. The van der Waals surface area contributed by atoms with Crippen molar-refractivity contribution >= 4 is 11.8 Å². The maximum absolute atomic E-state index is 12.5. The molecule has 1 N–H and O–H groups in total. The van der Waals surface area contributed by atoms with Gasteiger partial charge in [0.1, 0.15) is 11.7 Å². The summed E-state index contributed by atoms with van der Waals surface area (Å²) < 4.78 is 0. The Kier molecular flexibility index (Phi) is 10.4. The van der Waals surface area contributed by atoms with Gasteiger partial charge in [-0.05, 0) is 113 Å². The average Bonchev–Trinajstić information content (AvgIpc) is 3.19. The molecule has 0 bridgehead atoms. The number of carbonyl (C=O) groups excluding carboxylic acids is 1. The number of hydrogen-bond acceptors (Lipinski definition) is 2. The molecule has 0 radical (unpaired) electrons. The average molecular weight is 487 g/mol. The van der Waals surface area contributed by atoms with Crippen molar-refractivity contribution in [3.05, 3.63) is 22.8 Å². The lowest BCUT2D eigenvalue weighted by Gasteiger charge is -2.61. The zero-order valence-electron chi connectivity index (χ0n) is 24.3. The number of fused-ring (bicyclic) bond motifs is 5. The van der Waals surface area contributed by atoms with Gasteiger partial charge in [0.05, 0.1) is 0 Å².